The second-order valence-corrected chi connectivity index (χ2v) is 5.26. The summed E-state index contributed by atoms with van der Waals surface area (Å²) in [7, 11) is 0. The predicted octanol–water partition coefficient (Wildman–Crippen LogP) is 2.23. The van der Waals surface area contributed by atoms with Crippen LogP contribution in [-0.4, -0.2) is 48.8 Å². The number of benzene rings is 1. The number of aliphatic hydroxyl groups excluding tert-OH is 1. The van der Waals surface area contributed by atoms with Gasteiger partial charge >= 0.3 is 0 Å². The maximum Gasteiger partial charge on any atom is 0.0664 e. The first kappa shape index (κ1) is 13.7. The van der Waals surface area contributed by atoms with Crippen molar-refractivity contribution in [3.8, 4) is 0 Å². The monoisotopic (exact) mass is 268 g/mol. The van der Waals surface area contributed by atoms with Crippen LogP contribution in [0.3, 0.4) is 0 Å². The molecule has 1 aromatic carbocycles. The van der Waals surface area contributed by atoms with Crippen molar-refractivity contribution in [2.24, 2.45) is 0 Å². The van der Waals surface area contributed by atoms with E-state index in [4.69, 9.17) is 11.6 Å². The highest BCUT2D eigenvalue weighted by atomic mass is 35.5. The van der Waals surface area contributed by atoms with E-state index in [1.807, 2.05) is 19.1 Å². The first-order valence-electron chi connectivity index (χ1n) is 6.60. The second-order valence-electron chi connectivity index (χ2n) is 4.83. The minimum atomic E-state index is -0.188. The lowest BCUT2D eigenvalue weighted by Crippen LogP contribution is -2.48. The first-order valence-corrected chi connectivity index (χ1v) is 6.97. The number of aliphatic hydroxyl groups is 1. The van der Waals surface area contributed by atoms with E-state index in [1.165, 1.54) is 5.69 Å². The molecule has 1 aromatic rings. The molecule has 1 fully saturated rings. The highest BCUT2D eigenvalue weighted by Crippen LogP contribution is 2.19. The van der Waals surface area contributed by atoms with E-state index in [0.717, 1.165) is 44.2 Å². The summed E-state index contributed by atoms with van der Waals surface area (Å²) in [4.78, 5) is 4.70. The molecule has 2 rings (SSSR count). The fourth-order valence-corrected chi connectivity index (χ4v) is 2.39. The summed E-state index contributed by atoms with van der Waals surface area (Å²) >= 11 is 5.89. The maximum absolute atomic E-state index is 9.65. The van der Waals surface area contributed by atoms with Gasteiger partial charge in [0.05, 0.1) is 6.10 Å². The fourth-order valence-electron chi connectivity index (χ4n) is 2.27. The van der Waals surface area contributed by atoms with Gasteiger partial charge in [-0.3, -0.25) is 4.90 Å². The molecule has 3 nitrogen and oxygen atoms in total. The van der Waals surface area contributed by atoms with Crippen LogP contribution in [0.5, 0.6) is 0 Å². The number of piperazine rings is 1. The molecule has 1 saturated heterocycles. The largest absolute Gasteiger partial charge is 0.392 e. The van der Waals surface area contributed by atoms with Gasteiger partial charge in [0, 0.05) is 43.4 Å². The molecule has 4 heteroatoms. The van der Waals surface area contributed by atoms with Crippen molar-refractivity contribution in [1.29, 1.82) is 0 Å². The predicted molar refractivity (Wildman–Crippen MR) is 76.4 cm³/mol. The Hall–Kier alpha value is -0.770. The summed E-state index contributed by atoms with van der Waals surface area (Å²) in [5.41, 5.74) is 1.23. The lowest BCUT2D eigenvalue weighted by Gasteiger charge is -2.36. The minimum Gasteiger partial charge on any atom is -0.392 e. The van der Waals surface area contributed by atoms with Gasteiger partial charge < -0.3 is 10.0 Å². The van der Waals surface area contributed by atoms with E-state index in [-0.39, 0.29) is 6.10 Å². The molecule has 0 bridgehead atoms. The van der Waals surface area contributed by atoms with Crippen LogP contribution in [0.1, 0.15) is 13.3 Å². The number of hydrogen-bond donors (Lipinski definition) is 1. The highest BCUT2D eigenvalue weighted by Gasteiger charge is 2.18. The molecule has 1 heterocycles. The zero-order valence-electron chi connectivity index (χ0n) is 10.8. The van der Waals surface area contributed by atoms with Gasteiger partial charge in [-0.25, -0.2) is 0 Å². The van der Waals surface area contributed by atoms with Crippen LogP contribution < -0.4 is 4.90 Å². The van der Waals surface area contributed by atoms with Crippen molar-refractivity contribution in [3.05, 3.63) is 29.3 Å². The minimum absolute atomic E-state index is 0.188. The Labute approximate surface area is 114 Å². The van der Waals surface area contributed by atoms with Crippen molar-refractivity contribution in [1.82, 2.24) is 4.90 Å². The van der Waals surface area contributed by atoms with Crippen LogP contribution in [0.4, 0.5) is 5.69 Å². The molecule has 1 unspecified atom stereocenters. The number of β-amino-alcohol motifs (C(OH)–C–C–N with tert-alkyl or cyclic N) is 1. The molecule has 100 valence electrons. The van der Waals surface area contributed by atoms with Crippen LogP contribution in [0.2, 0.25) is 5.02 Å². The third-order valence-corrected chi connectivity index (χ3v) is 3.76. The number of anilines is 1. The standard InChI is InChI=1S/C14H21ClN2O/c1-2-14(18)11-16-7-9-17(10-8-16)13-5-3-12(15)4-6-13/h3-6,14,18H,2,7-11H2,1H3. The lowest BCUT2D eigenvalue weighted by atomic mass is 10.2. The fraction of sp³-hybridized carbons (Fsp3) is 0.571. The molecule has 0 amide bonds. The zero-order chi connectivity index (χ0) is 13.0. The summed E-state index contributed by atoms with van der Waals surface area (Å²) in [6.07, 6.45) is 0.643. The van der Waals surface area contributed by atoms with Gasteiger partial charge in [-0.2, -0.15) is 0 Å². The molecule has 0 radical (unpaired) electrons. The van der Waals surface area contributed by atoms with Crippen LogP contribution >= 0.6 is 11.6 Å². The molecule has 0 spiro atoms. The molecule has 1 aliphatic heterocycles. The summed E-state index contributed by atoms with van der Waals surface area (Å²) in [5.74, 6) is 0. The lowest BCUT2D eigenvalue weighted by molar-refractivity contribution is 0.106. The van der Waals surface area contributed by atoms with Gasteiger partial charge in [0.2, 0.25) is 0 Å². The molecule has 1 N–H and O–H groups in total. The van der Waals surface area contributed by atoms with E-state index < -0.39 is 0 Å². The van der Waals surface area contributed by atoms with E-state index in [0.29, 0.717) is 0 Å². The Balaban J connectivity index is 1.84. The molecule has 1 atom stereocenters. The molecular weight excluding hydrogens is 248 g/mol. The Morgan fingerprint density at radius 1 is 1.17 bits per heavy atom. The van der Waals surface area contributed by atoms with E-state index in [2.05, 4.69) is 21.9 Å². The molecular formula is C14H21ClN2O. The number of nitrogens with zero attached hydrogens (tertiary/aromatic N) is 2. The van der Waals surface area contributed by atoms with Gasteiger partial charge in [-0.1, -0.05) is 18.5 Å². The van der Waals surface area contributed by atoms with Gasteiger partial charge in [-0.15, -0.1) is 0 Å². The number of hydrogen-bond acceptors (Lipinski definition) is 3. The summed E-state index contributed by atoms with van der Waals surface area (Å²) in [6.45, 7) is 6.87. The molecule has 0 saturated carbocycles. The Morgan fingerprint density at radius 2 is 1.78 bits per heavy atom. The molecule has 0 aliphatic carbocycles. The van der Waals surface area contributed by atoms with Crippen LogP contribution in [0, 0.1) is 0 Å². The first-order chi connectivity index (χ1) is 8.69. The Morgan fingerprint density at radius 3 is 2.33 bits per heavy atom. The average molecular weight is 269 g/mol. The van der Waals surface area contributed by atoms with Crippen LogP contribution in [0.15, 0.2) is 24.3 Å². The normalized spacial score (nSPS) is 18.9. The third kappa shape index (κ3) is 3.61. The quantitative estimate of drug-likeness (QED) is 0.907. The SMILES string of the molecule is CCC(O)CN1CCN(c2ccc(Cl)cc2)CC1. The third-order valence-electron chi connectivity index (χ3n) is 3.50. The summed E-state index contributed by atoms with van der Waals surface area (Å²) in [5, 5.41) is 10.4. The van der Waals surface area contributed by atoms with Crippen molar-refractivity contribution in [2.45, 2.75) is 19.4 Å². The van der Waals surface area contributed by atoms with Crippen LogP contribution in [0.25, 0.3) is 0 Å². The maximum atomic E-state index is 9.65. The average Bonchev–Trinajstić information content (AvgIpc) is 2.40. The van der Waals surface area contributed by atoms with Gasteiger partial charge in [-0.05, 0) is 30.7 Å². The number of rotatable bonds is 4. The Kier molecular flexibility index (Phi) is 4.87. The van der Waals surface area contributed by atoms with E-state index in [1.54, 1.807) is 0 Å². The molecule has 1 aliphatic rings. The highest BCUT2D eigenvalue weighted by molar-refractivity contribution is 6.30. The number of halogens is 1. The Bertz CT molecular complexity index is 361. The van der Waals surface area contributed by atoms with Crippen molar-refractivity contribution < 1.29 is 5.11 Å². The van der Waals surface area contributed by atoms with Gasteiger partial charge in [0.25, 0.3) is 0 Å². The van der Waals surface area contributed by atoms with Gasteiger partial charge in [0.1, 0.15) is 0 Å². The van der Waals surface area contributed by atoms with E-state index in [9.17, 15) is 5.11 Å². The van der Waals surface area contributed by atoms with Crippen molar-refractivity contribution in [2.75, 3.05) is 37.6 Å². The van der Waals surface area contributed by atoms with Crippen molar-refractivity contribution in [3.63, 3.8) is 0 Å². The smallest absolute Gasteiger partial charge is 0.0664 e. The summed E-state index contributed by atoms with van der Waals surface area (Å²) in [6, 6.07) is 8.01. The van der Waals surface area contributed by atoms with Crippen molar-refractivity contribution >= 4 is 17.3 Å². The molecule has 18 heavy (non-hydrogen) atoms. The van der Waals surface area contributed by atoms with Crippen LogP contribution in [-0.2, 0) is 0 Å². The second kappa shape index (κ2) is 6.41. The topological polar surface area (TPSA) is 26.7 Å². The van der Waals surface area contributed by atoms with E-state index >= 15 is 0 Å². The summed E-state index contributed by atoms with van der Waals surface area (Å²) < 4.78 is 0. The zero-order valence-corrected chi connectivity index (χ0v) is 11.6. The van der Waals surface area contributed by atoms with Gasteiger partial charge in [0.15, 0.2) is 0 Å². The molecule has 0 aromatic heterocycles.